The minimum absolute atomic E-state index is 0.119. The van der Waals surface area contributed by atoms with Crippen molar-refractivity contribution in [2.75, 3.05) is 13.2 Å². The predicted octanol–water partition coefficient (Wildman–Crippen LogP) is 2.12. The number of aliphatic hydroxyl groups excluding tert-OH is 1. The molecular formula is C14H21NO4. The van der Waals surface area contributed by atoms with E-state index in [4.69, 9.17) is 9.84 Å². The van der Waals surface area contributed by atoms with Crippen LogP contribution in [0.2, 0.25) is 0 Å². The summed E-state index contributed by atoms with van der Waals surface area (Å²) < 4.78 is 5.26. The average molecular weight is 267 g/mol. The number of hydrogen-bond acceptors (Lipinski definition) is 4. The Hall–Kier alpha value is -1.75. The molecule has 0 radical (unpaired) electrons. The third kappa shape index (κ3) is 5.18. The van der Waals surface area contributed by atoms with E-state index in [0.29, 0.717) is 5.56 Å². The molecule has 0 aliphatic rings. The molecule has 0 aliphatic carbocycles. The zero-order chi connectivity index (χ0) is 14.5. The zero-order valence-electron chi connectivity index (χ0n) is 11.6. The van der Waals surface area contributed by atoms with Gasteiger partial charge in [-0.2, -0.15) is 0 Å². The highest BCUT2D eigenvalue weighted by molar-refractivity contribution is 5.68. The average Bonchev–Trinajstić information content (AvgIpc) is 2.29. The first-order chi connectivity index (χ1) is 8.83. The van der Waals surface area contributed by atoms with Crippen LogP contribution in [-0.2, 0) is 11.3 Å². The minimum Gasteiger partial charge on any atom is -0.508 e. The van der Waals surface area contributed by atoms with E-state index in [1.165, 1.54) is 4.90 Å². The lowest BCUT2D eigenvalue weighted by Gasteiger charge is -2.27. The second-order valence-corrected chi connectivity index (χ2v) is 5.25. The molecule has 0 aromatic heterocycles. The number of phenols is 1. The van der Waals surface area contributed by atoms with Gasteiger partial charge in [0.25, 0.3) is 0 Å². The molecular weight excluding hydrogens is 246 g/mol. The van der Waals surface area contributed by atoms with E-state index in [9.17, 15) is 9.90 Å². The molecule has 0 bridgehead atoms. The molecule has 0 fully saturated rings. The van der Waals surface area contributed by atoms with Crippen LogP contribution in [0, 0.1) is 0 Å². The van der Waals surface area contributed by atoms with E-state index in [0.717, 1.165) is 0 Å². The highest BCUT2D eigenvalue weighted by atomic mass is 16.6. The number of nitrogens with zero attached hydrogens (tertiary/aromatic N) is 1. The minimum atomic E-state index is -0.594. The van der Waals surface area contributed by atoms with Gasteiger partial charge in [-0.05, 0) is 26.8 Å². The monoisotopic (exact) mass is 267 g/mol. The Bertz CT molecular complexity index is 426. The van der Waals surface area contributed by atoms with Crippen molar-refractivity contribution in [3.63, 3.8) is 0 Å². The van der Waals surface area contributed by atoms with Crippen molar-refractivity contribution >= 4 is 6.09 Å². The quantitative estimate of drug-likeness (QED) is 0.876. The fourth-order valence-corrected chi connectivity index (χ4v) is 1.53. The van der Waals surface area contributed by atoms with Crippen molar-refractivity contribution in [1.82, 2.24) is 4.90 Å². The first-order valence-corrected chi connectivity index (χ1v) is 6.19. The van der Waals surface area contributed by atoms with Crippen LogP contribution >= 0.6 is 0 Å². The van der Waals surface area contributed by atoms with Crippen LogP contribution in [0.5, 0.6) is 5.75 Å². The summed E-state index contributed by atoms with van der Waals surface area (Å²) in [5.41, 5.74) is 0.0191. The third-order valence-corrected chi connectivity index (χ3v) is 2.37. The topological polar surface area (TPSA) is 70.0 Å². The van der Waals surface area contributed by atoms with Crippen molar-refractivity contribution in [3.8, 4) is 5.75 Å². The molecule has 5 nitrogen and oxygen atoms in total. The molecule has 0 spiro atoms. The smallest absolute Gasteiger partial charge is 0.410 e. The van der Waals surface area contributed by atoms with E-state index < -0.39 is 11.7 Å². The van der Waals surface area contributed by atoms with E-state index in [1.54, 1.807) is 45.0 Å². The lowest BCUT2D eigenvalue weighted by molar-refractivity contribution is 0.0200. The molecule has 1 rings (SSSR count). The molecule has 0 aliphatic heterocycles. The Labute approximate surface area is 113 Å². The molecule has 0 heterocycles. The van der Waals surface area contributed by atoms with Gasteiger partial charge in [0, 0.05) is 12.1 Å². The molecule has 0 saturated carbocycles. The van der Waals surface area contributed by atoms with Crippen molar-refractivity contribution in [2.45, 2.75) is 32.9 Å². The molecule has 0 saturated heterocycles. The van der Waals surface area contributed by atoms with Gasteiger partial charge >= 0.3 is 6.09 Å². The predicted molar refractivity (Wildman–Crippen MR) is 71.8 cm³/mol. The standard InChI is InChI=1S/C14H21NO4/c1-14(2,3)19-13(18)15(8-9-16)10-11-6-4-5-7-12(11)17/h4-7,16-17H,8-10H2,1-3H3. The fraction of sp³-hybridized carbons (Fsp3) is 0.500. The molecule has 5 heteroatoms. The SMILES string of the molecule is CC(C)(C)OC(=O)N(CCO)Cc1ccccc1O. The van der Waals surface area contributed by atoms with Gasteiger partial charge in [0.05, 0.1) is 13.2 Å². The second-order valence-electron chi connectivity index (χ2n) is 5.25. The van der Waals surface area contributed by atoms with E-state index in [-0.39, 0.29) is 25.4 Å². The maximum absolute atomic E-state index is 12.0. The van der Waals surface area contributed by atoms with E-state index >= 15 is 0 Å². The molecule has 0 atom stereocenters. The van der Waals surface area contributed by atoms with Crippen molar-refractivity contribution < 1.29 is 19.7 Å². The van der Waals surface area contributed by atoms with Gasteiger partial charge in [-0.15, -0.1) is 0 Å². The Morgan fingerprint density at radius 2 is 1.95 bits per heavy atom. The summed E-state index contributed by atoms with van der Waals surface area (Å²) in [5.74, 6) is 0.119. The van der Waals surface area contributed by atoms with E-state index in [2.05, 4.69) is 0 Å². The Morgan fingerprint density at radius 3 is 2.47 bits per heavy atom. The fourth-order valence-electron chi connectivity index (χ4n) is 1.53. The zero-order valence-corrected chi connectivity index (χ0v) is 11.6. The van der Waals surface area contributed by atoms with Gasteiger partial charge in [-0.1, -0.05) is 18.2 Å². The molecule has 0 unspecified atom stereocenters. The van der Waals surface area contributed by atoms with Gasteiger partial charge in [0.2, 0.25) is 0 Å². The number of ether oxygens (including phenoxy) is 1. The Balaban J connectivity index is 2.78. The number of rotatable bonds is 4. The van der Waals surface area contributed by atoms with E-state index in [1.807, 2.05) is 0 Å². The van der Waals surface area contributed by atoms with Crippen LogP contribution in [0.1, 0.15) is 26.3 Å². The molecule has 106 valence electrons. The number of phenolic OH excluding ortho intramolecular Hbond substituents is 1. The van der Waals surface area contributed by atoms with Crippen LogP contribution < -0.4 is 0 Å². The van der Waals surface area contributed by atoms with Crippen LogP contribution in [-0.4, -0.2) is 40.0 Å². The van der Waals surface area contributed by atoms with Crippen molar-refractivity contribution in [2.24, 2.45) is 0 Å². The van der Waals surface area contributed by atoms with Crippen molar-refractivity contribution in [1.29, 1.82) is 0 Å². The number of carbonyl (C=O) groups excluding carboxylic acids is 1. The first-order valence-electron chi connectivity index (χ1n) is 6.19. The summed E-state index contributed by atoms with van der Waals surface area (Å²) in [5, 5.41) is 18.7. The molecule has 1 aromatic carbocycles. The summed E-state index contributed by atoms with van der Waals surface area (Å²) in [7, 11) is 0. The number of amides is 1. The third-order valence-electron chi connectivity index (χ3n) is 2.37. The number of carbonyl (C=O) groups is 1. The van der Waals surface area contributed by atoms with Gasteiger partial charge < -0.3 is 19.8 Å². The number of aliphatic hydroxyl groups is 1. The summed E-state index contributed by atoms with van der Waals surface area (Å²) >= 11 is 0. The summed E-state index contributed by atoms with van der Waals surface area (Å²) in [6.07, 6.45) is -0.509. The summed E-state index contributed by atoms with van der Waals surface area (Å²) in [4.78, 5) is 13.3. The van der Waals surface area contributed by atoms with Crippen LogP contribution in [0.15, 0.2) is 24.3 Å². The highest BCUT2D eigenvalue weighted by Gasteiger charge is 2.22. The molecule has 1 aromatic rings. The normalized spacial score (nSPS) is 11.2. The number of aromatic hydroxyl groups is 1. The second kappa shape index (κ2) is 6.43. The van der Waals surface area contributed by atoms with Crippen molar-refractivity contribution in [3.05, 3.63) is 29.8 Å². The summed E-state index contributed by atoms with van der Waals surface area (Å²) in [6, 6.07) is 6.77. The Morgan fingerprint density at radius 1 is 1.32 bits per heavy atom. The van der Waals surface area contributed by atoms with Gasteiger partial charge in [0.1, 0.15) is 11.4 Å². The maximum atomic E-state index is 12.0. The van der Waals surface area contributed by atoms with Crippen LogP contribution in [0.3, 0.4) is 0 Å². The Kier molecular flexibility index (Phi) is 5.18. The first kappa shape index (κ1) is 15.3. The largest absolute Gasteiger partial charge is 0.508 e. The van der Waals surface area contributed by atoms with Gasteiger partial charge in [0.15, 0.2) is 0 Å². The number of hydrogen-bond donors (Lipinski definition) is 2. The summed E-state index contributed by atoms with van der Waals surface area (Å²) in [6.45, 7) is 5.53. The van der Waals surface area contributed by atoms with Gasteiger partial charge in [-0.3, -0.25) is 0 Å². The lowest BCUT2D eigenvalue weighted by atomic mass is 10.2. The molecule has 19 heavy (non-hydrogen) atoms. The highest BCUT2D eigenvalue weighted by Crippen LogP contribution is 2.19. The van der Waals surface area contributed by atoms with Gasteiger partial charge in [-0.25, -0.2) is 4.79 Å². The number of benzene rings is 1. The van der Waals surface area contributed by atoms with Crippen LogP contribution in [0.4, 0.5) is 4.79 Å². The molecule has 2 N–H and O–H groups in total. The lowest BCUT2D eigenvalue weighted by Crippen LogP contribution is -2.38. The number of para-hydroxylation sites is 1. The maximum Gasteiger partial charge on any atom is 0.410 e. The molecule has 1 amide bonds. The van der Waals surface area contributed by atoms with Crippen LogP contribution in [0.25, 0.3) is 0 Å².